The molecule has 1 atom stereocenters. The number of benzene rings is 2. The van der Waals surface area contributed by atoms with Crippen LogP contribution in [0.25, 0.3) is 5.76 Å². The maximum absolute atomic E-state index is 13.3. The van der Waals surface area contributed by atoms with E-state index < -0.39 is 23.5 Å². The van der Waals surface area contributed by atoms with Crippen LogP contribution in [-0.2, 0) is 16.1 Å². The molecule has 30 heavy (non-hydrogen) atoms. The van der Waals surface area contributed by atoms with Gasteiger partial charge in [-0.3, -0.25) is 14.6 Å². The zero-order valence-corrected chi connectivity index (χ0v) is 16.4. The van der Waals surface area contributed by atoms with Crippen LogP contribution in [-0.4, -0.2) is 26.7 Å². The zero-order valence-electron chi connectivity index (χ0n) is 15.6. The summed E-state index contributed by atoms with van der Waals surface area (Å²) in [7, 11) is 0. The fourth-order valence-electron chi connectivity index (χ4n) is 3.48. The van der Waals surface area contributed by atoms with Gasteiger partial charge in [-0.2, -0.15) is 0 Å². The first-order valence-electron chi connectivity index (χ1n) is 9.14. The predicted molar refractivity (Wildman–Crippen MR) is 110 cm³/mol. The lowest BCUT2D eigenvalue weighted by Gasteiger charge is -2.25. The molecular formula is C23H16ClFN2O3. The number of likely N-dealkylation sites (tertiary alicyclic amines) is 1. The molecule has 1 aliphatic rings. The number of halogens is 2. The average molecular weight is 423 g/mol. The van der Waals surface area contributed by atoms with E-state index in [9.17, 15) is 19.1 Å². The Morgan fingerprint density at radius 2 is 1.63 bits per heavy atom. The summed E-state index contributed by atoms with van der Waals surface area (Å²) < 4.78 is 13.3. The van der Waals surface area contributed by atoms with Gasteiger partial charge in [-0.05, 0) is 59.7 Å². The summed E-state index contributed by atoms with van der Waals surface area (Å²) in [4.78, 5) is 31.2. The van der Waals surface area contributed by atoms with Crippen LogP contribution in [0.4, 0.5) is 4.39 Å². The van der Waals surface area contributed by atoms with Crippen molar-refractivity contribution in [2.45, 2.75) is 12.6 Å². The van der Waals surface area contributed by atoms with Gasteiger partial charge < -0.3 is 10.0 Å². The number of hydrogen-bond acceptors (Lipinski definition) is 4. The Kier molecular flexibility index (Phi) is 5.33. The Bertz CT molecular complexity index is 1130. The first-order chi connectivity index (χ1) is 14.5. The molecule has 0 saturated carbocycles. The molecule has 150 valence electrons. The molecule has 1 aliphatic heterocycles. The van der Waals surface area contributed by atoms with Crippen LogP contribution in [0, 0.1) is 5.82 Å². The lowest BCUT2D eigenvalue weighted by atomic mass is 9.95. The lowest BCUT2D eigenvalue weighted by molar-refractivity contribution is -0.140. The molecule has 1 aromatic heterocycles. The number of rotatable bonds is 4. The van der Waals surface area contributed by atoms with Crippen molar-refractivity contribution in [3.8, 4) is 0 Å². The van der Waals surface area contributed by atoms with Crippen LogP contribution in [0.2, 0.25) is 5.02 Å². The van der Waals surface area contributed by atoms with E-state index in [1.165, 1.54) is 29.2 Å². The highest BCUT2D eigenvalue weighted by molar-refractivity contribution is 6.46. The monoisotopic (exact) mass is 422 g/mol. The van der Waals surface area contributed by atoms with Crippen LogP contribution in [0.1, 0.15) is 22.7 Å². The smallest absolute Gasteiger partial charge is 0.295 e. The van der Waals surface area contributed by atoms with Gasteiger partial charge in [0.05, 0.1) is 11.6 Å². The molecule has 0 bridgehead atoms. The normalized spacial score (nSPS) is 18.1. The van der Waals surface area contributed by atoms with Crippen molar-refractivity contribution in [3.05, 3.63) is 106 Å². The number of ketones is 1. The molecule has 2 heterocycles. The van der Waals surface area contributed by atoms with E-state index in [0.29, 0.717) is 10.6 Å². The highest BCUT2D eigenvalue weighted by Crippen LogP contribution is 2.40. The van der Waals surface area contributed by atoms with Gasteiger partial charge in [0.2, 0.25) is 0 Å². The predicted octanol–water partition coefficient (Wildman–Crippen LogP) is 4.50. The molecule has 5 nitrogen and oxygen atoms in total. The molecule has 1 N–H and O–H groups in total. The second-order valence-electron chi connectivity index (χ2n) is 6.84. The molecule has 1 unspecified atom stereocenters. The Labute approximate surface area is 177 Å². The van der Waals surface area contributed by atoms with E-state index in [-0.39, 0.29) is 23.4 Å². The van der Waals surface area contributed by atoms with Gasteiger partial charge in [0.15, 0.2) is 0 Å². The highest BCUT2D eigenvalue weighted by Gasteiger charge is 2.46. The van der Waals surface area contributed by atoms with Crippen LogP contribution >= 0.6 is 11.6 Å². The Balaban J connectivity index is 1.85. The van der Waals surface area contributed by atoms with Gasteiger partial charge in [-0.1, -0.05) is 23.7 Å². The average Bonchev–Trinajstić information content (AvgIpc) is 3.00. The van der Waals surface area contributed by atoms with Crippen molar-refractivity contribution in [1.29, 1.82) is 0 Å². The molecule has 1 fully saturated rings. The van der Waals surface area contributed by atoms with E-state index >= 15 is 0 Å². The van der Waals surface area contributed by atoms with Gasteiger partial charge in [-0.25, -0.2) is 4.39 Å². The van der Waals surface area contributed by atoms with E-state index in [4.69, 9.17) is 11.6 Å². The van der Waals surface area contributed by atoms with E-state index in [2.05, 4.69) is 4.98 Å². The summed E-state index contributed by atoms with van der Waals surface area (Å²) in [6.07, 6.45) is 3.20. The van der Waals surface area contributed by atoms with Crippen molar-refractivity contribution in [3.63, 3.8) is 0 Å². The largest absolute Gasteiger partial charge is 0.507 e. The number of aromatic nitrogens is 1. The lowest BCUT2D eigenvalue weighted by Crippen LogP contribution is -2.29. The Hall–Kier alpha value is -3.51. The number of hydrogen-bond donors (Lipinski definition) is 1. The van der Waals surface area contributed by atoms with Crippen molar-refractivity contribution < 1.29 is 19.1 Å². The molecule has 0 radical (unpaired) electrons. The Morgan fingerprint density at radius 3 is 2.27 bits per heavy atom. The minimum absolute atomic E-state index is 0.0528. The van der Waals surface area contributed by atoms with Gasteiger partial charge in [0.1, 0.15) is 11.6 Å². The second-order valence-corrected chi connectivity index (χ2v) is 7.28. The summed E-state index contributed by atoms with van der Waals surface area (Å²) in [5, 5.41) is 11.4. The number of carbonyl (C=O) groups excluding carboxylic acids is 2. The number of amides is 1. The summed E-state index contributed by atoms with van der Waals surface area (Å²) in [6.45, 7) is 0.153. The van der Waals surface area contributed by atoms with E-state index in [1.807, 2.05) is 0 Å². The fraction of sp³-hybridized carbons (Fsp3) is 0.0870. The number of Topliss-reactive ketones (excluding diaryl/α,β-unsaturated/α-hetero) is 1. The van der Waals surface area contributed by atoms with Gasteiger partial charge in [0, 0.05) is 29.5 Å². The third kappa shape index (κ3) is 3.69. The van der Waals surface area contributed by atoms with Gasteiger partial charge in [-0.15, -0.1) is 0 Å². The second kappa shape index (κ2) is 8.08. The zero-order chi connectivity index (χ0) is 21.3. The van der Waals surface area contributed by atoms with Crippen LogP contribution in [0.15, 0.2) is 78.6 Å². The molecule has 3 aromatic rings. The minimum Gasteiger partial charge on any atom is -0.507 e. The quantitative estimate of drug-likeness (QED) is 0.382. The molecule has 4 rings (SSSR count). The molecule has 7 heteroatoms. The van der Waals surface area contributed by atoms with Crippen LogP contribution in [0.3, 0.4) is 0 Å². The summed E-state index contributed by atoms with van der Waals surface area (Å²) in [6, 6.07) is 14.5. The van der Waals surface area contributed by atoms with Crippen molar-refractivity contribution in [2.75, 3.05) is 0 Å². The number of aliphatic hydroxyl groups excluding tert-OH is 1. The first kappa shape index (κ1) is 19.8. The number of aliphatic hydroxyl groups is 1. The standard InChI is InChI=1S/C23H16ClFN2O3/c24-17-5-1-15(2-6-17)20-19(21(28)16-3-7-18(25)8-4-16)22(29)23(30)27(20)13-14-9-11-26-12-10-14/h1-12,20,28H,13H2/b21-19+. The van der Waals surface area contributed by atoms with E-state index in [0.717, 1.165) is 5.56 Å². The topological polar surface area (TPSA) is 70.5 Å². The maximum atomic E-state index is 13.3. The molecule has 1 saturated heterocycles. The summed E-state index contributed by atoms with van der Waals surface area (Å²) in [5.41, 5.74) is 1.60. The third-order valence-corrected chi connectivity index (χ3v) is 5.20. The third-order valence-electron chi connectivity index (χ3n) is 4.95. The molecule has 0 spiro atoms. The summed E-state index contributed by atoms with van der Waals surface area (Å²) >= 11 is 6.00. The van der Waals surface area contributed by atoms with Crippen LogP contribution < -0.4 is 0 Å². The van der Waals surface area contributed by atoms with Crippen molar-refractivity contribution in [2.24, 2.45) is 0 Å². The molecule has 0 aliphatic carbocycles. The molecule has 1 amide bonds. The minimum atomic E-state index is -0.819. The fourth-order valence-corrected chi connectivity index (χ4v) is 3.61. The van der Waals surface area contributed by atoms with Crippen molar-refractivity contribution >= 4 is 29.1 Å². The Morgan fingerprint density at radius 1 is 1.00 bits per heavy atom. The van der Waals surface area contributed by atoms with Gasteiger partial charge >= 0.3 is 0 Å². The van der Waals surface area contributed by atoms with Crippen molar-refractivity contribution in [1.82, 2.24) is 9.88 Å². The van der Waals surface area contributed by atoms with Crippen LogP contribution in [0.5, 0.6) is 0 Å². The van der Waals surface area contributed by atoms with Gasteiger partial charge in [0.25, 0.3) is 11.7 Å². The highest BCUT2D eigenvalue weighted by atomic mass is 35.5. The molecule has 2 aromatic carbocycles. The summed E-state index contributed by atoms with van der Waals surface area (Å²) in [5.74, 6) is -2.36. The van der Waals surface area contributed by atoms with E-state index in [1.54, 1.807) is 48.8 Å². The molecular weight excluding hydrogens is 407 g/mol. The number of pyridine rings is 1. The maximum Gasteiger partial charge on any atom is 0.295 e. The SMILES string of the molecule is O=C1C(=O)N(Cc2ccncc2)C(c2ccc(Cl)cc2)/C1=C(\O)c1ccc(F)cc1. The number of nitrogens with zero attached hydrogens (tertiary/aromatic N) is 2. The first-order valence-corrected chi connectivity index (χ1v) is 9.52. The number of carbonyl (C=O) groups is 2.